The van der Waals surface area contributed by atoms with Crippen LogP contribution in [0.1, 0.15) is 12.0 Å². The predicted molar refractivity (Wildman–Crippen MR) is 74.4 cm³/mol. The van der Waals surface area contributed by atoms with Crippen molar-refractivity contribution in [2.75, 3.05) is 0 Å². The van der Waals surface area contributed by atoms with Crippen molar-refractivity contribution in [3.63, 3.8) is 0 Å². The molecule has 0 radical (unpaired) electrons. The molecule has 0 bridgehead atoms. The predicted octanol–water partition coefficient (Wildman–Crippen LogP) is 3.00. The number of carboxylic acid groups (broad SMARTS) is 1. The number of benzene rings is 1. The maximum Gasteiger partial charge on any atom is 0.353 e. The van der Waals surface area contributed by atoms with Gasteiger partial charge >= 0.3 is 5.97 Å². The van der Waals surface area contributed by atoms with Crippen LogP contribution in [0.4, 0.5) is 0 Å². The SMILES string of the molecule is C=CCC1(C(=O)O)Oc2cnccc2-c2ccccc21. The highest BCUT2D eigenvalue weighted by Crippen LogP contribution is 2.46. The maximum absolute atomic E-state index is 11.8. The lowest BCUT2D eigenvalue weighted by molar-refractivity contribution is -0.156. The van der Waals surface area contributed by atoms with Crippen molar-refractivity contribution in [2.45, 2.75) is 12.0 Å². The molecule has 1 aromatic heterocycles. The second-order valence-electron chi connectivity index (χ2n) is 4.64. The lowest BCUT2D eigenvalue weighted by Gasteiger charge is -2.36. The molecule has 0 fully saturated rings. The van der Waals surface area contributed by atoms with Crippen molar-refractivity contribution in [2.24, 2.45) is 0 Å². The van der Waals surface area contributed by atoms with E-state index in [0.717, 1.165) is 11.1 Å². The first-order valence-corrected chi connectivity index (χ1v) is 6.26. The van der Waals surface area contributed by atoms with Crippen LogP contribution < -0.4 is 4.74 Å². The van der Waals surface area contributed by atoms with Crippen LogP contribution in [0.25, 0.3) is 11.1 Å². The third-order valence-corrected chi connectivity index (χ3v) is 3.50. The van der Waals surface area contributed by atoms with Crippen molar-refractivity contribution >= 4 is 5.97 Å². The number of aromatic nitrogens is 1. The van der Waals surface area contributed by atoms with Gasteiger partial charge in [0.15, 0.2) is 0 Å². The quantitative estimate of drug-likeness (QED) is 0.868. The molecule has 1 aromatic carbocycles. The summed E-state index contributed by atoms with van der Waals surface area (Å²) in [6, 6.07) is 9.21. The van der Waals surface area contributed by atoms with Gasteiger partial charge < -0.3 is 9.84 Å². The maximum atomic E-state index is 11.8. The van der Waals surface area contributed by atoms with Crippen molar-refractivity contribution < 1.29 is 14.6 Å². The first-order chi connectivity index (χ1) is 9.69. The second-order valence-corrected chi connectivity index (χ2v) is 4.64. The number of carboxylic acids is 1. The standard InChI is InChI=1S/C16H13NO3/c1-2-8-16(15(18)19)13-6-4-3-5-11(13)12-7-9-17-10-14(12)20-16/h2-7,9-10H,1,8H2,(H,18,19). The smallest absolute Gasteiger partial charge is 0.353 e. The van der Waals surface area contributed by atoms with Crippen molar-refractivity contribution in [1.29, 1.82) is 0 Å². The molecule has 2 aromatic rings. The molecule has 0 saturated carbocycles. The van der Waals surface area contributed by atoms with Gasteiger partial charge in [-0.25, -0.2) is 4.79 Å². The van der Waals surface area contributed by atoms with E-state index in [1.54, 1.807) is 24.5 Å². The van der Waals surface area contributed by atoms with Gasteiger partial charge in [-0.2, -0.15) is 0 Å². The van der Waals surface area contributed by atoms with Gasteiger partial charge in [0.2, 0.25) is 5.60 Å². The lowest BCUT2D eigenvalue weighted by atomic mass is 9.82. The average Bonchev–Trinajstić information content (AvgIpc) is 2.47. The van der Waals surface area contributed by atoms with Gasteiger partial charge in [0.1, 0.15) is 5.75 Å². The van der Waals surface area contributed by atoms with Crippen LogP contribution in [-0.2, 0) is 10.4 Å². The van der Waals surface area contributed by atoms with Gasteiger partial charge in [0.25, 0.3) is 0 Å². The number of rotatable bonds is 3. The summed E-state index contributed by atoms with van der Waals surface area (Å²) in [7, 11) is 0. The number of aliphatic carboxylic acids is 1. The molecule has 3 rings (SSSR count). The number of hydrogen-bond acceptors (Lipinski definition) is 3. The second kappa shape index (κ2) is 4.49. The Bertz CT molecular complexity index is 696. The van der Waals surface area contributed by atoms with Crippen LogP contribution >= 0.6 is 0 Å². The van der Waals surface area contributed by atoms with Crippen LogP contribution in [0.3, 0.4) is 0 Å². The van der Waals surface area contributed by atoms with E-state index in [1.165, 1.54) is 0 Å². The van der Waals surface area contributed by atoms with E-state index in [9.17, 15) is 9.90 Å². The van der Waals surface area contributed by atoms with Crippen molar-refractivity contribution in [3.05, 3.63) is 60.9 Å². The van der Waals surface area contributed by atoms with E-state index in [2.05, 4.69) is 11.6 Å². The van der Waals surface area contributed by atoms with E-state index in [4.69, 9.17) is 4.74 Å². The Kier molecular flexibility index (Phi) is 2.79. The van der Waals surface area contributed by atoms with Gasteiger partial charge in [-0.3, -0.25) is 4.98 Å². The number of nitrogens with zero attached hydrogens (tertiary/aromatic N) is 1. The summed E-state index contributed by atoms with van der Waals surface area (Å²) in [5, 5.41) is 9.70. The number of carbonyl (C=O) groups is 1. The molecule has 1 aliphatic heterocycles. The van der Waals surface area contributed by atoms with E-state index >= 15 is 0 Å². The molecular formula is C16H13NO3. The minimum atomic E-state index is -1.44. The van der Waals surface area contributed by atoms with Gasteiger partial charge in [-0.15, -0.1) is 6.58 Å². The summed E-state index contributed by atoms with van der Waals surface area (Å²) in [5.74, 6) is -0.546. The fourth-order valence-electron chi connectivity index (χ4n) is 2.60. The molecule has 2 heterocycles. The van der Waals surface area contributed by atoms with E-state index < -0.39 is 11.6 Å². The Hall–Kier alpha value is -2.62. The van der Waals surface area contributed by atoms with E-state index in [1.807, 2.05) is 24.3 Å². The zero-order valence-corrected chi connectivity index (χ0v) is 10.7. The van der Waals surface area contributed by atoms with Gasteiger partial charge in [-0.05, 0) is 11.6 Å². The third kappa shape index (κ3) is 1.61. The molecule has 1 aliphatic rings. The zero-order chi connectivity index (χ0) is 14.2. The Labute approximate surface area is 116 Å². The summed E-state index contributed by atoms with van der Waals surface area (Å²) >= 11 is 0. The van der Waals surface area contributed by atoms with Gasteiger partial charge in [-0.1, -0.05) is 30.3 Å². The highest BCUT2D eigenvalue weighted by atomic mass is 16.5. The molecular weight excluding hydrogens is 254 g/mol. The Balaban J connectivity index is 2.32. The number of ether oxygens (including phenoxy) is 1. The molecule has 0 aliphatic carbocycles. The fourth-order valence-corrected chi connectivity index (χ4v) is 2.60. The summed E-state index contributed by atoms with van der Waals surface area (Å²) in [6.07, 6.45) is 4.96. The molecule has 4 heteroatoms. The highest BCUT2D eigenvalue weighted by Gasteiger charge is 2.46. The topological polar surface area (TPSA) is 59.4 Å². The molecule has 0 amide bonds. The highest BCUT2D eigenvalue weighted by molar-refractivity contribution is 5.88. The monoisotopic (exact) mass is 267 g/mol. The largest absolute Gasteiger partial charge is 0.478 e. The zero-order valence-electron chi connectivity index (χ0n) is 10.7. The minimum Gasteiger partial charge on any atom is -0.478 e. The van der Waals surface area contributed by atoms with Crippen molar-refractivity contribution in [3.8, 4) is 16.9 Å². The molecule has 1 unspecified atom stereocenters. The normalized spacial score (nSPS) is 19.4. The molecule has 1 atom stereocenters. The number of fused-ring (bicyclic) bond motifs is 3. The molecule has 1 N–H and O–H groups in total. The Morgan fingerprint density at radius 2 is 2.15 bits per heavy atom. The first kappa shape index (κ1) is 12.4. The van der Waals surface area contributed by atoms with Crippen molar-refractivity contribution in [1.82, 2.24) is 4.98 Å². The summed E-state index contributed by atoms with van der Waals surface area (Å²) in [5.41, 5.74) is 0.928. The van der Waals surface area contributed by atoms with Crippen LogP contribution in [-0.4, -0.2) is 16.1 Å². The minimum absolute atomic E-state index is 0.188. The van der Waals surface area contributed by atoms with E-state index in [-0.39, 0.29) is 6.42 Å². The molecule has 0 saturated heterocycles. The summed E-state index contributed by atoms with van der Waals surface area (Å²) in [4.78, 5) is 15.9. The van der Waals surface area contributed by atoms with Gasteiger partial charge in [0, 0.05) is 23.7 Å². The first-order valence-electron chi connectivity index (χ1n) is 6.26. The van der Waals surface area contributed by atoms with Gasteiger partial charge in [0.05, 0.1) is 6.20 Å². The Morgan fingerprint density at radius 1 is 1.35 bits per heavy atom. The summed E-state index contributed by atoms with van der Waals surface area (Å²) < 4.78 is 5.81. The fraction of sp³-hybridized carbons (Fsp3) is 0.125. The molecule has 0 spiro atoms. The average molecular weight is 267 g/mol. The van der Waals surface area contributed by atoms with Crippen LogP contribution in [0, 0.1) is 0 Å². The molecule has 20 heavy (non-hydrogen) atoms. The number of hydrogen-bond donors (Lipinski definition) is 1. The summed E-state index contributed by atoms with van der Waals surface area (Å²) in [6.45, 7) is 3.65. The van der Waals surface area contributed by atoms with Crippen LogP contribution in [0.5, 0.6) is 5.75 Å². The number of pyridine rings is 1. The molecule has 100 valence electrons. The third-order valence-electron chi connectivity index (χ3n) is 3.50. The van der Waals surface area contributed by atoms with Crippen LogP contribution in [0.2, 0.25) is 0 Å². The van der Waals surface area contributed by atoms with Crippen LogP contribution in [0.15, 0.2) is 55.4 Å². The Morgan fingerprint density at radius 3 is 2.90 bits per heavy atom. The molecule has 4 nitrogen and oxygen atoms in total. The van der Waals surface area contributed by atoms with E-state index in [0.29, 0.717) is 11.3 Å². The lowest BCUT2D eigenvalue weighted by Crippen LogP contribution is -2.43.